The van der Waals surface area contributed by atoms with Crippen LogP contribution in [-0.4, -0.2) is 6.04 Å². The Hall–Kier alpha value is -0.530. The van der Waals surface area contributed by atoms with Crippen molar-refractivity contribution in [3.63, 3.8) is 0 Å². The van der Waals surface area contributed by atoms with Crippen LogP contribution < -0.4 is 5.32 Å². The summed E-state index contributed by atoms with van der Waals surface area (Å²) >= 11 is 6.18. The van der Waals surface area contributed by atoms with Crippen molar-refractivity contribution in [2.45, 2.75) is 52.1 Å². The molecule has 0 aromatic heterocycles. The molecule has 1 aromatic rings. The molecule has 0 fully saturated rings. The van der Waals surface area contributed by atoms with Crippen LogP contribution in [0.5, 0.6) is 0 Å². The van der Waals surface area contributed by atoms with Crippen LogP contribution in [0.2, 0.25) is 5.02 Å². The second-order valence-corrected chi connectivity index (χ2v) is 4.71. The second-order valence-electron chi connectivity index (χ2n) is 4.30. The topological polar surface area (TPSA) is 12.0 Å². The predicted molar refractivity (Wildman–Crippen MR) is 72.0 cm³/mol. The van der Waals surface area contributed by atoms with E-state index >= 15 is 0 Å². The average Bonchev–Trinajstić information content (AvgIpc) is 2.28. The Balaban J connectivity index is 2.64. The molecule has 0 aliphatic carbocycles. The third-order valence-electron chi connectivity index (χ3n) is 2.99. The van der Waals surface area contributed by atoms with E-state index in [-0.39, 0.29) is 0 Å². The molecular formula is C14H22ClN. The van der Waals surface area contributed by atoms with Gasteiger partial charge in [0.1, 0.15) is 0 Å². The summed E-state index contributed by atoms with van der Waals surface area (Å²) in [6.07, 6.45) is 3.62. The average molecular weight is 240 g/mol. The Kier molecular flexibility index (Phi) is 5.86. The van der Waals surface area contributed by atoms with Crippen LogP contribution in [0.3, 0.4) is 0 Å². The lowest BCUT2D eigenvalue weighted by Crippen LogP contribution is -2.30. The number of hydrogen-bond acceptors (Lipinski definition) is 1. The normalized spacial score (nSPS) is 14.8. The maximum atomic E-state index is 6.18. The molecule has 1 N–H and O–H groups in total. The first kappa shape index (κ1) is 13.5. The Morgan fingerprint density at radius 2 is 1.94 bits per heavy atom. The lowest BCUT2D eigenvalue weighted by Gasteiger charge is -2.22. The van der Waals surface area contributed by atoms with Crippen molar-refractivity contribution >= 4 is 11.6 Å². The third-order valence-corrected chi connectivity index (χ3v) is 3.33. The molecule has 2 atom stereocenters. The zero-order valence-electron chi connectivity index (χ0n) is 10.5. The fraction of sp³-hybridized carbons (Fsp3) is 0.571. The molecule has 0 spiro atoms. The van der Waals surface area contributed by atoms with Crippen LogP contribution in [-0.2, 0) is 0 Å². The van der Waals surface area contributed by atoms with Crippen LogP contribution in [0.15, 0.2) is 24.3 Å². The van der Waals surface area contributed by atoms with Crippen LogP contribution in [0, 0.1) is 0 Å². The molecule has 0 amide bonds. The highest BCUT2D eigenvalue weighted by molar-refractivity contribution is 6.31. The maximum absolute atomic E-state index is 6.18. The van der Waals surface area contributed by atoms with Crippen molar-refractivity contribution in [1.82, 2.24) is 5.32 Å². The highest BCUT2D eigenvalue weighted by Gasteiger charge is 2.12. The lowest BCUT2D eigenvalue weighted by atomic mass is 10.0. The summed E-state index contributed by atoms with van der Waals surface area (Å²) in [6, 6.07) is 8.98. The van der Waals surface area contributed by atoms with Crippen LogP contribution in [0.1, 0.15) is 51.6 Å². The highest BCUT2D eigenvalue weighted by Crippen LogP contribution is 2.23. The van der Waals surface area contributed by atoms with Gasteiger partial charge in [-0.05, 0) is 31.4 Å². The van der Waals surface area contributed by atoms with E-state index in [0.717, 1.165) is 5.02 Å². The van der Waals surface area contributed by atoms with Gasteiger partial charge in [-0.15, -0.1) is 0 Å². The molecular weight excluding hydrogens is 218 g/mol. The molecule has 0 bridgehead atoms. The third kappa shape index (κ3) is 3.80. The highest BCUT2D eigenvalue weighted by atomic mass is 35.5. The van der Waals surface area contributed by atoms with Crippen LogP contribution in [0.4, 0.5) is 0 Å². The predicted octanol–water partition coefficient (Wildman–Crippen LogP) is 4.57. The summed E-state index contributed by atoms with van der Waals surface area (Å²) in [7, 11) is 0. The molecule has 2 heteroatoms. The fourth-order valence-corrected chi connectivity index (χ4v) is 2.32. The molecule has 1 aromatic carbocycles. The molecule has 0 radical (unpaired) electrons. The van der Waals surface area contributed by atoms with Gasteiger partial charge in [0.25, 0.3) is 0 Å². The Morgan fingerprint density at radius 3 is 2.50 bits per heavy atom. The molecule has 0 saturated heterocycles. The molecule has 0 aliphatic heterocycles. The molecule has 16 heavy (non-hydrogen) atoms. The molecule has 0 heterocycles. The van der Waals surface area contributed by atoms with Gasteiger partial charge in [0.2, 0.25) is 0 Å². The van der Waals surface area contributed by atoms with Gasteiger partial charge in [-0.1, -0.05) is 50.1 Å². The molecule has 0 saturated carbocycles. The van der Waals surface area contributed by atoms with E-state index in [9.17, 15) is 0 Å². The molecule has 90 valence electrons. The van der Waals surface area contributed by atoms with Gasteiger partial charge < -0.3 is 5.32 Å². The zero-order chi connectivity index (χ0) is 12.0. The SMILES string of the molecule is CCCC(CC)N[C@@H](C)c1ccccc1Cl. The minimum atomic E-state index is 0.324. The summed E-state index contributed by atoms with van der Waals surface area (Å²) < 4.78 is 0. The lowest BCUT2D eigenvalue weighted by molar-refractivity contribution is 0.417. The summed E-state index contributed by atoms with van der Waals surface area (Å²) in [4.78, 5) is 0. The minimum Gasteiger partial charge on any atom is -0.307 e. The van der Waals surface area contributed by atoms with Gasteiger partial charge in [0.15, 0.2) is 0 Å². The number of nitrogens with one attached hydrogen (secondary N) is 1. The van der Waals surface area contributed by atoms with Gasteiger partial charge >= 0.3 is 0 Å². The standard InChI is InChI=1S/C14H22ClN/c1-4-8-12(5-2)16-11(3)13-9-6-7-10-14(13)15/h6-7,9-12,16H,4-5,8H2,1-3H3/t11-,12?/m0/s1. The Labute approximate surface area is 104 Å². The molecule has 1 nitrogen and oxygen atoms in total. The van der Waals surface area contributed by atoms with Gasteiger partial charge in [0, 0.05) is 17.1 Å². The second kappa shape index (κ2) is 6.93. The Morgan fingerprint density at radius 1 is 1.25 bits per heavy atom. The van der Waals surface area contributed by atoms with E-state index in [0.29, 0.717) is 12.1 Å². The van der Waals surface area contributed by atoms with Crippen molar-refractivity contribution in [2.75, 3.05) is 0 Å². The summed E-state index contributed by atoms with van der Waals surface area (Å²) in [6.45, 7) is 6.64. The summed E-state index contributed by atoms with van der Waals surface area (Å²) in [5.41, 5.74) is 1.19. The zero-order valence-corrected chi connectivity index (χ0v) is 11.2. The summed E-state index contributed by atoms with van der Waals surface area (Å²) in [5, 5.41) is 4.50. The number of hydrogen-bond donors (Lipinski definition) is 1. The molecule has 0 aliphatic rings. The monoisotopic (exact) mass is 239 g/mol. The maximum Gasteiger partial charge on any atom is 0.0453 e. The first-order valence-corrected chi connectivity index (χ1v) is 6.57. The van der Waals surface area contributed by atoms with Gasteiger partial charge in [0.05, 0.1) is 0 Å². The van der Waals surface area contributed by atoms with Crippen LogP contribution in [0.25, 0.3) is 0 Å². The number of benzene rings is 1. The van der Waals surface area contributed by atoms with E-state index < -0.39 is 0 Å². The Bertz CT molecular complexity index is 311. The van der Waals surface area contributed by atoms with E-state index in [1.807, 2.05) is 18.2 Å². The van der Waals surface area contributed by atoms with E-state index in [1.54, 1.807) is 0 Å². The number of rotatable bonds is 6. The first-order valence-electron chi connectivity index (χ1n) is 6.19. The number of halogens is 1. The van der Waals surface area contributed by atoms with E-state index in [2.05, 4.69) is 32.2 Å². The molecule has 1 unspecified atom stereocenters. The summed E-state index contributed by atoms with van der Waals surface area (Å²) in [5.74, 6) is 0. The fourth-order valence-electron chi connectivity index (χ4n) is 2.02. The van der Waals surface area contributed by atoms with Crippen molar-refractivity contribution in [3.05, 3.63) is 34.9 Å². The van der Waals surface area contributed by atoms with Gasteiger partial charge in [-0.25, -0.2) is 0 Å². The van der Waals surface area contributed by atoms with Crippen molar-refractivity contribution in [3.8, 4) is 0 Å². The van der Waals surface area contributed by atoms with E-state index in [4.69, 9.17) is 11.6 Å². The quantitative estimate of drug-likeness (QED) is 0.767. The van der Waals surface area contributed by atoms with Gasteiger partial charge in [-0.3, -0.25) is 0 Å². The first-order chi connectivity index (χ1) is 7.69. The van der Waals surface area contributed by atoms with Crippen molar-refractivity contribution < 1.29 is 0 Å². The van der Waals surface area contributed by atoms with Crippen LogP contribution >= 0.6 is 11.6 Å². The minimum absolute atomic E-state index is 0.324. The van der Waals surface area contributed by atoms with Crippen molar-refractivity contribution in [1.29, 1.82) is 0 Å². The van der Waals surface area contributed by atoms with Crippen molar-refractivity contribution in [2.24, 2.45) is 0 Å². The van der Waals surface area contributed by atoms with E-state index in [1.165, 1.54) is 24.8 Å². The van der Waals surface area contributed by atoms with Gasteiger partial charge in [-0.2, -0.15) is 0 Å². The largest absolute Gasteiger partial charge is 0.307 e. The molecule has 1 rings (SSSR count). The smallest absolute Gasteiger partial charge is 0.0453 e.